The van der Waals surface area contributed by atoms with E-state index in [-0.39, 0.29) is 5.78 Å². The molecule has 1 aromatic carbocycles. The van der Waals surface area contributed by atoms with Gasteiger partial charge in [-0.3, -0.25) is 0 Å². The molecule has 0 aromatic heterocycles. The summed E-state index contributed by atoms with van der Waals surface area (Å²) in [5.41, 5.74) is 1.11. The van der Waals surface area contributed by atoms with Crippen molar-refractivity contribution in [1.82, 2.24) is 0 Å². The van der Waals surface area contributed by atoms with Crippen LogP contribution >= 0.6 is 0 Å². The van der Waals surface area contributed by atoms with Crippen LogP contribution in [0, 0.1) is 0 Å². The summed E-state index contributed by atoms with van der Waals surface area (Å²) in [6, 6.07) is 7.92. The molecule has 0 radical (unpaired) electrons. The summed E-state index contributed by atoms with van der Waals surface area (Å²) in [5, 5.41) is 0. The van der Waals surface area contributed by atoms with Gasteiger partial charge in [0.2, 0.25) is 0 Å². The third-order valence-corrected chi connectivity index (χ3v) is 2.52. The molecule has 0 aliphatic heterocycles. The zero-order valence-electron chi connectivity index (χ0n) is 10.2. The maximum atomic E-state index is 10.8. The minimum Gasteiger partial charge on any atom is -0.497 e. The highest BCUT2D eigenvalue weighted by Gasteiger charge is 2.02. The van der Waals surface area contributed by atoms with Crippen molar-refractivity contribution < 1.29 is 9.53 Å². The molecular formula is C13H19NO2. The fraction of sp³-hybridized carbons (Fsp3) is 0.462. The normalized spacial score (nSPS) is 9.94. The molecule has 0 aliphatic rings. The second-order valence-electron chi connectivity index (χ2n) is 3.93. The lowest BCUT2D eigenvalue weighted by Crippen LogP contribution is -2.18. The Labute approximate surface area is 97.0 Å². The van der Waals surface area contributed by atoms with E-state index in [9.17, 15) is 4.79 Å². The van der Waals surface area contributed by atoms with Gasteiger partial charge in [-0.2, -0.15) is 0 Å². The minimum atomic E-state index is 0.249. The summed E-state index contributed by atoms with van der Waals surface area (Å²) in [6.45, 7) is 2.51. The van der Waals surface area contributed by atoms with Gasteiger partial charge in [-0.1, -0.05) is 6.07 Å². The lowest BCUT2D eigenvalue weighted by atomic mass is 10.2. The van der Waals surface area contributed by atoms with Crippen LogP contribution in [0.5, 0.6) is 5.75 Å². The number of ketones is 1. The molecule has 0 fully saturated rings. The maximum Gasteiger partial charge on any atom is 0.129 e. The molecule has 1 aromatic rings. The monoisotopic (exact) mass is 221 g/mol. The van der Waals surface area contributed by atoms with E-state index in [0.29, 0.717) is 6.42 Å². The molecule has 0 atom stereocenters. The number of methoxy groups -OCH3 is 1. The van der Waals surface area contributed by atoms with Gasteiger partial charge in [0.1, 0.15) is 11.5 Å². The van der Waals surface area contributed by atoms with Crippen LogP contribution in [0.1, 0.15) is 19.8 Å². The molecule has 0 aliphatic carbocycles. The van der Waals surface area contributed by atoms with Crippen LogP contribution in [0.2, 0.25) is 0 Å². The van der Waals surface area contributed by atoms with Gasteiger partial charge in [0.15, 0.2) is 0 Å². The number of hydrogen-bond donors (Lipinski definition) is 0. The predicted octanol–water partition coefficient (Wildman–Crippen LogP) is 2.50. The molecule has 0 unspecified atom stereocenters. The van der Waals surface area contributed by atoms with E-state index in [1.54, 1.807) is 14.0 Å². The van der Waals surface area contributed by atoms with Crippen LogP contribution in [-0.2, 0) is 4.79 Å². The van der Waals surface area contributed by atoms with Gasteiger partial charge in [0, 0.05) is 31.8 Å². The van der Waals surface area contributed by atoms with E-state index in [1.165, 1.54) is 0 Å². The van der Waals surface area contributed by atoms with Crippen LogP contribution < -0.4 is 9.64 Å². The van der Waals surface area contributed by atoms with E-state index in [0.717, 1.165) is 24.4 Å². The molecule has 0 heterocycles. The molecular weight excluding hydrogens is 202 g/mol. The van der Waals surface area contributed by atoms with Crippen molar-refractivity contribution in [1.29, 1.82) is 0 Å². The first-order chi connectivity index (χ1) is 7.63. The Bertz CT molecular complexity index is 350. The first kappa shape index (κ1) is 12.6. The highest BCUT2D eigenvalue weighted by Crippen LogP contribution is 2.19. The van der Waals surface area contributed by atoms with Gasteiger partial charge < -0.3 is 14.4 Å². The Kier molecular flexibility index (Phi) is 4.83. The fourth-order valence-corrected chi connectivity index (χ4v) is 1.54. The van der Waals surface area contributed by atoms with Crippen LogP contribution in [0.15, 0.2) is 24.3 Å². The number of carbonyl (C=O) groups is 1. The Morgan fingerprint density at radius 1 is 1.44 bits per heavy atom. The van der Waals surface area contributed by atoms with E-state index in [4.69, 9.17) is 4.74 Å². The highest BCUT2D eigenvalue weighted by atomic mass is 16.5. The highest BCUT2D eigenvalue weighted by molar-refractivity contribution is 5.75. The molecule has 88 valence electrons. The first-order valence-electron chi connectivity index (χ1n) is 5.48. The summed E-state index contributed by atoms with van der Waals surface area (Å²) < 4.78 is 5.17. The summed E-state index contributed by atoms with van der Waals surface area (Å²) in [6.07, 6.45) is 1.54. The van der Waals surface area contributed by atoms with Crippen LogP contribution in [-0.4, -0.2) is 26.5 Å². The van der Waals surface area contributed by atoms with Gasteiger partial charge in [-0.25, -0.2) is 0 Å². The van der Waals surface area contributed by atoms with Crippen molar-refractivity contribution in [2.75, 3.05) is 25.6 Å². The average molecular weight is 221 g/mol. The van der Waals surface area contributed by atoms with Crippen molar-refractivity contribution in [2.24, 2.45) is 0 Å². The number of carbonyl (C=O) groups excluding carboxylic acids is 1. The van der Waals surface area contributed by atoms with Gasteiger partial charge in [-0.15, -0.1) is 0 Å². The standard InChI is InChI=1S/C13H19NO2/c1-11(15)6-5-9-14(2)12-7-4-8-13(10-12)16-3/h4,7-8,10H,5-6,9H2,1-3H3. The van der Waals surface area contributed by atoms with Crippen molar-refractivity contribution in [3.63, 3.8) is 0 Å². The van der Waals surface area contributed by atoms with E-state index >= 15 is 0 Å². The molecule has 0 amide bonds. The number of Topliss-reactive ketones (excluding diaryl/α,β-unsaturated/α-hetero) is 1. The summed E-state index contributed by atoms with van der Waals surface area (Å²) in [5.74, 6) is 1.11. The molecule has 16 heavy (non-hydrogen) atoms. The lowest BCUT2D eigenvalue weighted by Gasteiger charge is -2.19. The number of rotatable bonds is 6. The summed E-state index contributed by atoms with van der Waals surface area (Å²) in [7, 11) is 3.68. The molecule has 1 rings (SSSR count). The molecule has 0 spiro atoms. The van der Waals surface area contributed by atoms with Crippen molar-refractivity contribution >= 4 is 11.5 Å². The quantitative estimate of drug-likeness (QED) is 0.739. The molecule has 0 N–H and O–H groups in total. The third-order valence-electron chi connectivity index (χ3n) is 2.52. The van der Waals surface area contributed by atoms with Crippen LogP contribution in [0.3, 0.4) is 0 Å². The van der Waals surface area contributed by atoms with Gasteiger partial charge in [0.05, 0.1) is 7.11 Å². The second-order valence-corrected chi connectivity index (χ2v) is 3.93. The Morgan fingerprint density at radius 3 is 2.81 bits per heavy atom. The van der Waals surface area contributed by atoms with Crippen molar-refractivity contribution in [3.8, 4) is 5.75 Å². The van der Waals surface area contributed by atoms with E-state index in [1.807, 2.05) is 31.3 Å². The number of anilines is 1. The third kappa shape index (κ3) is 3.93. The van der Waals surface area contributed by atoms with Crippen LogP contribution in [0.4, 0.5) is 5.69 Å². The first-order valence-corrected chi connectivity index (χ1v) is 5.48. The molecule has 3 nitrogen and oxygen atoms in total. The topological polar surface area (TPSA) is 29.5 Å². The summed E-state index contributed by atoms with van der Waals surface area (Å²) in [4.78, 5) is 13.0. The lowest BCUT2D eigenvalue weighted by molar-refractivity contribution is -0.117. The van der Waals surface area contributed by atoms with Crippen LogP contribution in [0.25, 0.3) is 0 Å². The minimum absolute atomic E-state index is 0.249. The van der Waals surface area contributed by atoms with Gasteiger partial charge in [0.25, 0.3) is 0 Å². The SMILES string of the molecule is COc1cccc(N(C)CCCC(C)=O)c1. The average Bonchev–Trinajstić information content (AvgIpc) is 2.28. The second kappa shape index (κ2) is 6.16. The summed E-state index contributed by atoms with van der Waals surface area (Å²) >= 11 is 0. The largest absolute Gasteiger partial charge is 0.497 e. The van der Waals surface area contributed by atoms with E-state index in [2.05, 4.69) is 4.90 Å². The smallest absolute Gasteiger partial charge is 0.129 e. The van der Waals surface area contributed by atoms with Crippen molar-refractivity contribution in [2.45, 2.75) is 19.8 Å². The number of benzene rings is 1. The Morgan fingerprint density at radius 2 is 2.19 bits per heavy atom. The molecule has 3 heteroatoms. The molecule has 0 bridgehead atoms. The van der Waals surface area contributed by atoms with Gasteiger partial charge >= 0.3 is 0 Å². The maximum absolute atomic E-state index is 10.8. The van der Waals surface area contributed by atoms with Crippen molar-refractivity contribution in [3.05, 3.63) is 24.3 Å². The fourth-order valence-electron chi connectivity index (χ4n) is 1.54. The number of hydrogen-bond acceptors (Lipinski definition) is 3. The van der Waals surface area contributed by atoms with E-state index < -0.39 is 0 Å². The predicted molar refractivity (Wildman–Crippen MR) is 66.2 cm³/mol. The zero-order chi connectivity index (χ0) is 12.0. The number of ether oxygens (including phenoxy) is 1. The van der Waals surface area contributed by atoms with Gasteiger partial charge in [-0.05, 0) is 25.5 Å². The Balaban J connectivity index is 2.51. The number of nitrogens with zero attached hydrogens (tertiary/aromatic N) is 1. The Hall–Kier alpha value is -1.51. The molecule has 0 saturated heterocycles. The molecule has 0 saturated carbocycles. The zero-order valence-corrected chi connectivity index (χ0v) is 10.2.